The van der Waals surface area contributed by atoms with Crippen LogP contribution in [0, 0.1) is 0 Å². The van der Waals surface area contributed by atoms with Gasteiger partial charge in [-0.25, -0.2) is 0 Å². The van der Waals surface area contributed by atoms with Gasteiger partial charge in [-0.15, -0.1) is 0 Å². The first-order chi connectivity index (χ1) is 4.24. The van der Waals surface area contributed by atoms with Crippen LogP contribution < -0.4 is 10.2 Å². The summed E-state index contributed by atoms with van der Waals surface area (Å²) in [6.45, 7) is -1.00. The molecule has 0 radical (unpaired) electrons. The molecule has 0 unspecified atom stereocenters. The van der Waals surface area contributed by atoms with Crippen molar-refractivity contribution in [3.8, 4) is 0 Å². The van der Waals surface area contributed by atoms with Gasteiger partial charge < -0.3 is 19.8 Å². The molecule has 0 saturated carbocycles. The first kappa shape index (κ1) is 22.4. The summed E-state index contributed by atoms with van der Waals surface area (Å²) >= 11 is 0.569. The van der Waals surface area contributed by atoms with E-state index in [1.165, 1.54) is 0 Å². The second kappa shape index (κ2) is 55.9. The summed E-state index contributed by atoms with van der Waals surface area (Å²) in [5, 5.41) is 16.5. The Balaban J connectivity index is -0.0000000257. The number of hydrogen-bond acceptors (Lipinski definition) is 4. The van der Waals surface area contributed by atoms with Gasteiger partial charge in [0.1, 0.15) is 0 Å². The molecular weight excluding hydrogens is 276 g/mol. The summed E-state index contributed by atoms with van der Waals surface area (Å²) in [5.74, 6) is 0. The van der Waals surface area contributed by atoms with E-state index < -0.39 is 12.9 Å². The molecule has 0 aromatic heterocycles. The van der Waals surface area contributed by atoms with Gasteiger partial charge in [0.05, 0.1) is 0 Å². The molecule has 0 N–H and O–H groups in total. The fraction of sp³-hybridized carbons (Fsp3) is 0. The monoisotopic (exact) mass is 276 g/mol. The molecule has 0 aliphatic heterocycles. The van der Waals surface area contributed by atoms with Crippen molar-refractivity contribution in [1.82, 2.24) is 0 Å². The minimum Gasteiger partial charge on any atom is 2.00 e. The number of hydrogen-bond donors (Lipinski definition) is 0. The van der Waals surface area contributed by atoms with Crippen LogP contribution in [-0.2, 0) is 38.7 Å². The van der Waals surface area contributed by atoms with Crippen LogP contribution in [0.1, 0.15) is 0 Å². The average molecular weight is 278 g/mol. The van der Waals surface area contributed by atoms with Gasteiger partial charge in [0.25, 0.3) is 0 Å². The van der Waals surface area contributed by atoms with Crippen LogP contribution >= 0.6 is 20.4 Å². The van der Waals surface area contributed by atoms with Crippen molar-refractivity contribution in [3.05, 3.63) is 0 Å². The third-order valence-corrected chi connectivity index (χ3v) is 0. The van der Waals surface area contributed by atoms with Crippen molar-refractivity contribution >= 4 is 33.3 Å². The zero-order valence-electron chi connectivity index (χ0n) is 4.18. The molecular formula is C2H2Cl2Ni2O4. The standard InChI is InChI=1S/2CH2O2.2ClH.2Ni/c2*2-1-3;;;;/h2*1H,(H,2,3);2*1H;;/q;;;;2*+2/p-4. The van der Waals surface area contributed by atoms with Crippen molar-refractivity contribution in [2.75, 3.05) is 0 Å². The smallest absolute Gasteiger partial charge is 2.00 e. The van der Waals surface area contributed by atoms with E-state index in [0.29, 0.717) is 12.7 Å². The van der Waals surface area contributed by atoms with E-state index in [0.717, 1.165) is 0 Å². The maximum absolute atomic E-state index is 8.25. The minimum absolute atomic E-state index is 0. The van der Waals surface area contributed by atoms with Gasteiger partial charge in [-0.1, -0.05) is 0 Å². The Kier molecular flexibility index (Phi) is 125. The van der Waals surface area contributed by atoms with Gasteiger partial charge in [-0.2, -0.15) is 0 Å². The molecule has 0 atom stereocenters. The number of carboxylic acid groups (broad SMARTS) is 2. The molecule has 0 aliphatic carbocycles. The summed E-state index contributed by atoms with van der Waals surface area (Å²) < 4.78 is 0. The van der Waals surface area contributed by atoms with Gasteiger partial charge in [0.15, 0.2) is 0 Å². The second-order valence-corrected chi connectivity index (χ2v) is 1.87. The molecule has 0 bridgehead atoms. The molecule has 0 heterocycles. The molecule has 0 spiro atoms. The maximum Gasteiger partial charge on any atom is 2.00 e. The molecule has 8 heteroatoms. The number of carbonyl (C=O) groups excluding carboxylic acids is 2. The third kappa shape index (κ3) is 1860. The fourth-order valence-electron chi connectivity index (χ4n) is 0. The van der Waals surface area contributed by atoms with E-state index in [2.05, 4.69) is 0 Å². The molecule has 0 amide bonds. The summed E-state index contributed by atoms with van der Waals surface area (Å²) in [5.41, 5.74) is 0. The molecule has 0 aromatic carbocycles. The fourth-order valence-corrected chi connectivity index (χ4v) is 0. The Morgan fingerprint density at radius 2 is 1.10 bits per heavy atom. The zero-order valence-corrected chi connectivity index (χ0v) is 7.66. The third-order valence-electron chi connectivity index (χ3n) is 0. The largest absolute Gasteiger partial charge is 2.00 e. The Morgan fingerprint density at radius 3 is 1.10 bits per heavy atom. The van der Waals surface area contributed by atoms with Crippen molar-refractivity contribution < 1.29 is 48.9 Å². The van der Waals surface area contributed by atoms with Crippen LogP contribution in [0.5, 0.6) is 0 Å². The van der Waals surface area contributed by atoms with E-state index in [4.69, 9.17) is 40.2 Å². The first-order valence-corrected chi connectivity index (χ1v) is 3.90. The molecule has 0 fully saturated rings. The Morgan fingerprint density at radius 1 is 1.10 bits per heavy atom. The van der Waals surface area contributed by atoms with Crippen molar-refractivity contribution in [2.45, 2.75) is 0 Å². The molecule has 0 saturated heterocycles. The van der Waals surface area contributed by atoms with Crippen LogP contribution in [0.25, 0.3) is 0 Å². The van der Waals surface area contributed by atoms with Crippen LogP contribution in [-0.4, -0.2) is 12.9 Å². The van der Waals surface area contributed by atoms with Crippen molar-refractivity contribution in [3.63, 3.8) is 0 Å². The Labute approximate surface area is 82.2 Å². The van der Waals surface area contributed by atoms with Crippen LogP contribution in [0.15, 0.2) is 0 Å². The van der Waals surface area contributed by atoms with Gasteiger partial charge in [-0.05, 0) is 0 Å². The number of carbonyl (C=O) groups is 2. The SMILES string of the molecule is O=C[O-].O=C[O-].[Cl][Ni][Cl].[Ni+2]. The van der Waals surface area contributed by atoms with Gasteiger partial charge >= 0.3 is 49.5 Å². The number of rotatable bonds is 0. The van der Waals surface area contributed by atoms with Gasteiger partial charge in [0.2, 0.25) is 0 Å². The Hall–Kier alpha value is 0.507. The van der Waals surface area contributed by atoms with E-state index in [1.54, 1.807) is 0 Å². The summed E-state index contributed by atoms with van der Waals surface area (Å²) in [4.78, 5) is 16.5. The van der Waals surface area contributed by atoms with Crippen molar-refractivity contribution in [2.24, 2.45) is 0 Å². The van der Waals surface area contributed by atoms with Crippen LogP contribution in [0.2, 0.25) is 0 Å². The van der Waals surface area contributed by atoms with Crippen molar-refractivity contribution in [1.29, 1.82) is 0 Å². The quantitative estimate of drug-likeness (QED) is 0.383. The predicted octanol–water partition coefficient (Wildman–Crippen LogP) is -1.89. The van der Waals surface area contributed by atoms with E-state index in [1.807, 2.05) is 0 Å². The molecule has 0 rings (SSSR count). The molecule has 68 valence electrons. The molecule has 10 heavy (non-hydrogen) atoms. The Bertz CT molecular complexity index is 48.5. The topological polar surface area (TPSA) is 80.3 Å². The molecule has 0 aliphatic rings. The second-order valence-electron chi connectivity index (χ2n) is 0.238. The summed E-state index contributed by atoms with van der Waals surface area (Å²) in [6, 6.07) is 0. The molecule has 4 nitrogen and oxygen atoms in total. The normalized spacial score (nSPS) is 4.60. The number of halogens is 2. The average Bonchev–Trinajstić information content (AvgIpc) is 1.70. The summed E-state index contributed by atoms with van der Waals surface area (Å²) in [6.07, 6.45) is 0. The van der Waals surface area contributed by atoms with E-state index in [9.17, 15) is 0 Å². The van der Waals surface area contributed by atoms with Gasteiger partial charge in [0, 0.05) is 12.9 Å². The minimum atomic E-state index is -0.500. The van der Waals surface area contributed by atoms with Crippen LogP contribution in [0.3, 0.4) is 0 Å². The predicted molar refractivity (Wildman–Crippen MR) is 23.8 cm³/mol. The molecule has 0 aromatic rings. The summed E-state index contributed by atoms with van der Waals surface area (Å²) in [7, 11) is 9.40. The zero-order chi connectivity index (χ0) is 8.12. The first-order valence-electron chi connectivity index (χ1n) is 1.18. The van der Waals surface area contributed by atoms with Gasteiger partial charge in [-0.3, -0.25) is 0 Å². The van der Waals surface area contributed by atoms with E-state index >= 15 is 0 Å². The maximum atomic E-state index is 8.25. The van der Waals surface area contributed by atoms with Crippen LogP contribution in [0.4, 0.5) is 0 Å². The van der Waals surface area contributed by atoms with E-state index in [-0.39, 0.29) is 16.5 Å².